The van der Waals surface area contributed by atoms with Gasteiger partial charge in [-0.15, -0.1) is 10.2 Å². The highest BCUT2D eigenvalue weighted by Crippen LogP contribution is 2.21. The number of rotatable bonds is 3. The fourth-order valence-corrected chi connectivity index (χ4v) is 3.28. The fourth-order valence-electron chi connectivity index (χ4n) is 3.28. The van der Waals surface area contributed by atoms with Crippen molar-refractivity contribution in [2.24, 2.45) is 11.7 Å². The van der Waals surface area contributed by atoms with Crippen LogP contribution in [0.1, 0.15) is 43.9 Å². The Hall–Kier alpha value is -2.12. The van der Waals surface area contributed by atoms with Crippen molar-refractivity contribution in [3.8, 4) is 0 Å². The summed E-state index contributed by atoms with van der Waals surface area (Å²) in [4.78, 5) is 25.2. The van der Waals surface area contributed by atoms with Crippen LogP contribution in [0.2, 0.25) is 0 Å². The molecule has 120 valence electrons. The normalized spacial score (nSPS) is 22.2. The highest BCUT2D eigenvalue weighted by molar-refractivity contribution is 5.80. The molecule has 0 spiro atoms. The minimum absolute atomic E-state index is 0.0474. The number of primary amides is 1. The summed E-state index contributed by atoms with van der Waals surface area (Å²) in [6.07, 6.45) is 3.61. The smallest absolute Gasteiger partial charge is 0.314 e. The number of nitrogens with one attached hydrogen (secondary N) is 1. The van der Waals surface area contributed by atoms with Crippen LogP contribution in [-0.4, -0.2) is 44.7 Å². The second-order valence-electron chi connectivity index (χ2n) is 6.08. The zero-order chi connectivity index (χ0) is 15.7. The lowest BCUT2D eigenvalue weighted by Crippen LogP contribution is -2.47. The molecule has 2 atom stereocenters. The summed E-state index contributed by atoms with van der Waals surface area (Å²) in [6, 6.07) is -0.642. The molecule has 3 rings (SSSR count). The molecule has 0 radical (unpaired) electrons. The summed E-state index contributed by atoms with van der Waals surface area (Å²) < 4.78 is 2.08. The Morgan fingerprint density at radius 3 is 2.91 bits per heavy atom. The Balaban J connectivity index is 1.62. The van der Waals surface area contributed by atoms with Crippen LogP contribution in [0, 0.1) is 5.92 Å². The van der Waals surface area contributed by atoms with E-state index in [2.05, 4.69) is 20.1 Å². The van der Waals surface area contributed by atoms with Crippen molar-refractivity contribution in [1.29, 1.82) is 0 Å². The first-order valence-electron chi connectivity index (χ1n) is 7.83. The van der Waals surface area contributed by atoms with Crippen LogP contribution in [0.4, 0.5) is 4.79 Å². The van der Waals surface area contributed by atoms with Crippen LogP contribution in [0.15, 0.2) is 0 Å². The Morgan fingerprint density at radius 2 is 2.14 bits per heavy atom. The third kappa shape index (κ3) is 2.77. The van der Waals surface area contributed by atoms with Crippen LogP contribution < -0.4 is 11.1 Å². The molecule has 8 heteroatoms. The summed E-state index contributed by atoms with van der Waals surface area (Å²) >= 11 is 0. The second-order valence-corrected chi connectivity index (χ2v) is 6.08. The van der Waals surface area contributed by atoms with Crippen molar-refractivity contribution in [1.82, 2.24) is 25.0 Å². The van der Waals surface area contributed by atoms with Gasteiger partial charge in [0.1, 0.15) is 5.82 Å². The Bertz CT molecular complexity index is 584. The minimum Gasteiger partial charge on any atom is -0.351 e. The summed E-state index contributed by atoms with van der Waals surface area (Å²) in [6.45, 7) is 3.86. The molecule has 1 aromatic heterocycles. The van der Waals surface area contributed by atoms with Crippen molar-refractivity contribution in [2.75, 3.05) is 13.1 Å². The first kappa shape index (κ1) is 14.8. The summed E-state index contributed by atoms with van der Waals surface area (Å²) in [5, 5.41) is 11.4. The number of likely N-dealkylation sites (tertiary alicyclic amines) is 1. The zero-order valence-corrected chi connectivity index (χ0v) is 12.8. The van der Waals surface area contributed by atoms with Gasteiger partial charge in [-0.3, -0.25) is 4.79 Å². The van der Waals surface area contributed by atoms with Gasteiger partial charge < -0.3 is 20.5 Å². The number of carbonyl (C=O) groups is 2. The van der Waals surface area contributed by atoms with E-state index in [9.17, 15) is 9.59 Å². The van der Waals surface area contributed by atoms with E-state index in [-0.39, 0.29) is 17.9 Å². The Morgan fingerprint density at radius 1 is 1.32 bits per heavy atom. The number of nitrogens with zero attached hydrogens (tertiary/aromatic N) is 4. The maximum atomic E-state index is 12.4. The third-order valence-electron chi connectivity index (χ3n) is 4.49. The summed E-state index contributed by atoms with van der Waals surface area (Å²) in [7, 11) is 0. The lowest BCUT2D eigenvalue weighted by molar-refractivity contribution is -0.127. The van der Waals surface area contributed by atoms with Crippen LogP contribution in [-0.2, 0) is 17.8 Å². The molecule has 8 nitrogen and oxygen atoms in total. The van der Waals surface area contributed by atoms with Gasteiger partial charge in [-0.1, -0.05) is 0 Å². The largest absolute Gasteiger partial charge is 0.351 e. The van der Waals surface area contributed by atoms with Crippen molar-refractivity contribution >= 4 is 11.9 Å². The van der Waals surface area contributed by atoms with E-state index in [1.807, 2.05) is 6.92 Å². The highest BCUT2D eigenvalue weighted by atomic mass is 16.2. The molecule has 1 fully saturated rings. The van der Waals surface area contributed by atoms with E-state index in [0.29, 0.717) is 13.1 Å². The molecule has 0 bridgehead atoms. The molecule has 3 amide bonds. The second kappa shape index (κ2) is 5.94. The number of fused-ring (bicyclic) bond motifs is 1. The van der Waals surface area contributed by atoms with Gasteiger partial charge in [-0.25, -0.2) is 4.79 Å². The predicted octanol–water partition coefficient (Wildman–Crippen LogP) is 0.192. The van der Waals surface area contributed by atoms with Crippen LogP contribution in [0.25, 0.3) is 0 Å². The van der Waals surface area contributed by atoms with Gasteiger partial charge in [0.15, 0.2) is 5.82 Å². The van der Waals surface area contributed by atoms with E-state index < -0.39 is 6.03 Å². The third-order valence-corrected chi connectivity index (χ3v) is 4.49. The first-order chi connectivity index (χ1) is 10.6. The number of piperidine rings is 1. The van der Waals surface area contributed by atoms with Crippen molar-refractivity contribution in [3.05, 3.63) is 11.6 Å². The van der Waals surface area contributed by atoms with Gasteiger partial charge >= 0.3 is 6.03 Å². The average molecular weight is 306 g/mol. The number of hydrogen-bond acceptors (Lipinski definition) is 4. The molecule has 22 heavy (non-hydrogen) atoms. The Kier molecular flexibility index (Phi) is 4.00. The van der Waals surface area contributed by atoms with Crippen LogP contribution >= 0.6 is 0 Å². The van der Waals surface area contributed by atoms with E-state index >= 15 is 0 Å². The standard InChI is InChI=1S/C14H22N6O2/c1-9(12-18-17-11-5-3-7-20(11)12)16-13(21)10-4-2-6-19(8-10)14(15)22/h9-10H,2-8H2,1H3,(H2,15,22)(H,16,21)/t9-,10-/m1/s1. The molecule has 1 saturated heterocycles. The first-order valence-corrected chi connectivity index (χ1v) is 7.83. The molecule has 0 aromatic carbocycles. The van der Waals surface area contributed by atoms with Crippen molar-refractivity contribution in [2.45, 2.75) is 45.2 Å². The van der Waals surface area contributed by atoms with E-state index in [4.69, 9.17) is 5.73 Å². The average Bonchev–Trinajstić information content (AvgIpc) is 3.09. The van der Waals surface area contributed by atoms with Gasteiger partial charge in [-0.05, 0) is 26.2 Å². The molecule has 2 aliphatic rings. The molecule has 0 aliphatic carbocycles. The SMILES string of the molecule is C[C@@H](NC(=O)[C@@H]1CCCN(C(N)=O)C1)c1nnc2n1CCC2. The molecular weight excluding hydrogens is 284 g/mol. The lowest BCUT2D eigenvalue weighted by Gasteiger charge is -2.31. The molecule has 2 aliphatic heterocycles. The molecular formula is C14H22N6O2. The van der Waals surface area contributed by atoms with Crippen molar-refractivity contribution in [3.63, 3.8) is 0 Å². The maximum absolute atomic E-state index is 12.4. The zero-order valence-electron chi connectivity index (χ0n) is 12.8. The molecule has 3 N–H and O–H groups in total. The van der Waals surface area contributed by atoms with Gasteiger partial charge in [0.25, 0.3) is 0 Å². The topological polar surface area (TPSA) is 106 Å². The number of urea groups is 1. The van der Waals surface area contributed by atoms with Crippen LogP contribution in [0.3, 0.4) is 0 Å². The molecule has 1 aromatic rings. The number of amides is 3. The quantitative estimate of drug-likeness (QED) is 0.831. The van der Waals surface area contributed by atoms with Crippen molar-refractivity contribution < 1.29 is 9.59 Å². The fraction of sp³-hybridized carbons (Fsp3) is 0.714. The van der Waals surface area contributed by atoms with Gasteiger partial charge in [-0.2, -0.15) is 0 Å². The number of carbonyl (C=O) groups excluding carboxylic acids is 2. The predicted molar refractivity (Wildman–Crippen MR) is 78.8 cm³/mol. The van der Waals surface area contributed by atoms with Gasteiger partial charge in [0.05, 0.1) is 12.0 Å². The number of aromatic nitrogens is 3. The molecule has 3 heterocycles. The molecule has 0 saturated carbocycles. The monoisotopic (exact) mass is 306 g/mol. The van der Waals surface area contributed by atoms with E-state index in [1.54, 1.807) is 0 Å². The summed E-state index contributed by atoms with van der Waals surface area (Å²) in [5.74, 6) is 1.55. The number of aryl methyl sites for hydroxylation is 1. The number of nitrogens with two attached hydrogens (primary N) is 1. The van der Waals surface area contributed by atoms with E-state index in [1.165, 1.54) is 4.90 Å². The lowest BCUT2D eigenvalue weighted by atomic mass is 9.97. The molecule has 0 unspecified atom stereocenters. The maximum Gasteiger partial charge on any atom is 0.314 e. The van der Waals surface area contributed by atoms with Gasteiger partial charge in [0, 0.05) is 26.1 Å². The Labute approximate surface area is 129 Å². The van der Waals surface area contributed by atoms with Gasteiger partial charge in [0.2, 0.25) is 5.91 Å². The highest BCUT2D eigenvalue weighted by Gasteiger charge is 2.29. The minimum atomic E-state index is -0.458. The van der Waals surface area contributed by atoms with Crippen LogP contribution in [0.5, 0.6) is 0 Å². The summed E-state index contributed by atoms with van der Waals surface area (Å²) in [5.41, 5.74) is 5.30. The number of hydrogen-bond donors (Lipinski definition) is 2. The van der Waals surface area contributed by atoms with E-state index in [0.717, 1.165) is 43.9 Å².